The van der Waals surface area contributed by atoms with E-state index in [1.807, 2.05) is 4.68 Å². The highest BCUT2D eigenvalue weighted by Crippen LogP contribution is 2.35. The molecule has 0 amide bonds. The predicted molar refractivity (Wildman–Crippen MR) is 212 cm³/mol. The minimum Gasteiger partial charge on any atom is -0.492 e. The summed E-state index contributed by atoms with van der Waals surface area (Å²) < 4.78 is 7.89. The first-order chi connectivity index (χ1) is 26.1. The number of likely N-dealkylation sites (N-methyl/N-ethyl adjacent to an activating group) is 1. The van der Waals surface area contributed by atoms with Crippen LogP contribution in [0.3, 0.4) is 0 Å². The zero-order chi connectivity index (χ0) is 36.7. The fraction of sp³-hybridized carbons (Fsp3) is 0.415. The number of nitrogens with one attached hydrogen (secondary N) is 3. The van der Waals surface area contributed by atoms with E-state index in [2.05, 4.69) is 157 Å². The summed E-state index contributed by atoms with van der Waals surface area (Å²) in [6.07, 6.45) is 6.89. The number of rotatable bonds is 13. The van der Waals surface area contributed by atoms with Crippen LogP contribution in [0.4, 0.5) is 0 Å². The Bertz CT molecular complexity index is 1800. The summed E-state index contributed by atoms with van der Waals surface area (Å²) in [5.74, 6) is 0.886. The molecule has 12 heteroatoms. The molecule has 1 aliphatic heterocycles. The summed E-state index contributed by atoms with van der Waals surface area (Å²) in [6, 6.07) is 27.9. The number of H-pyrrole nitrogens is 1. The Morgan fingerprint density at radius 3 is 2.23 bits per heavy atom. The van der Waals surface area contributed by atoms with Gasteiger partial charge in [-0.05, 0) is 105 Å². The van der Waals surface area contributed by atoms with E-state index in [-0.39, 0.29) is 0 Å². The van der Waals surface area contributed by atoms with Crippen molar-refractivity contribution in [1.29, 1.82) is 0 Å². The van der Waals surface area contributed by atoms with Crippen LogP contribution in [-0.4, -0.2) is 118 Å². The third kappa shape index (κ3) is 11.4. The van der Waals surface area contributed by atoms with Gasteiger partial charge in [0, 0.05) is 45.9 Å². The van der Waals surface area contributed by atoms with Gasteiger partial charge in [-0.1, -0.05) is 66.7 Å². The summed E-state index contributed by atoms with van der Waals surface area (Å²) in [5.41, 5.74) is 9.03. The monoisotopic (exact) mass is 717 g/mol. The molecule has 0 saturated carbocycles. The van der Waals surface area contributed by atoms with Gasteiger partial charge < -0.3 is 20.3 Å². The van der Waals surface area contributed by atoms with E-state index in [1.54, 1.807) is 6.20 Å². The zero-order valence-electron chi connectivity index (χ0n) is 31.5. The maximum absolute atomic E-state index is 5.99. The smallest absolute Gasteiger partial charge is 0.119 e. The molecule has 0 aliphatic carbocycles. The van der Waals surface area contributed by atoms with Gasteiger partial charge in [-0.15, -0.1) is 5.10 Å². The van der Waals surface area contributed by atoms with Crippen molar-refractivity contribution in [2.24, 2.45) is 0 Å². The second-order valence-corrected chi connectivity index (χ2v) is 13.9. The molecule has 3 N–H and O–H groups in total. The van der Waals surface area contributed by atoms with Gasteiger partial charge in [0.15, 0.2) is 0 Å². The first kappa shape index (κ1) is 38.0. The third-order valence-corrected chi connectivity index (χ3v) is 9.52. The summed E-state index contributed by atoms with van der Waals surface area (Å²) >= 11 is 0. The summed E-state index contributed by atoms with van der Waals surface area (Å²) in [7, 11) is 4.11. The molecule has 6 rings (SSSR count). The van der Waals surface area contributed by atoms with Crippen molar-refractivity contribution in [2.45, 2.75) is 39.3 Å². The minimum absolute atomic E-state index is 0.660. The molecular formula is C41H55N11O. The average molecular weight is 718 g/mol. The Labute approximate surface area is 314 Å². The minimum atomic E-state index is 0.660. The Hall–Kier alpha value is -4.72. The van der Waals surface area contributed by atoms with Crippen LogP contribution in [0.2, 0.25) is 0 Å². The molecule has 280 valence electrons. The SMILES string of the molecule is CC/C(=C(\c1ccccc1)c1ccc(OCCN(C)C)cc1)c1ccc(-n2cc(CN3CCCNCN(Cc4cn[nH]n4)CCCNCC3)nn2)cc1. The number of hydrogen-bond acceptors (Lipinski definition) is 10. The van der Waals surface area contributed by atoms with Crippen molar-refractivity contribution in [1.82, 2.24) is 55.7 Å². The fourth-order valence-electron chi connectivity index (χ4n) is 6.72. The van der Waals surface area contributed by atoms with Crippen molar-refractivity contribution in [2.75, 3.05) is 73.2 Å². The molecular weight excluding hydrogens is 663 g/mol. The van der Waals surface area contributed by atoms with E-state index in [9.17, 15) is 0 Å². The summed E-state index contributed by atoms with van der Waals surface area (Å²) in [4.78, 5) is 6.99. The van der Waals surface area contributed by atoms with E-state index in [0.29, 0.717) is 6.61 Å². The van der Waals surface area contributed by atoms with Gasteiger partial charge in [-0.3, -0.25) is 9.80 Å². The van der Waals surface area contributed by atoms with E-state index >= 15 is 0 Å². The lowest BCUT2D eigenvalue weighted by atomic mass is 9.88. The van der Waals surface area contributed by atoms with Crippen molar-refractivity contribution < 1.29 is 4.74 Å². The van der Waals surface area contributed by atoms with Gasteiger partial charge in [-0.25, -0.2) is 4.68 Å². The molecule has 1 fully saturated rings. The molecule has 1 saturated heterocycles. The molecule has 0 atom stereocenters. The highest BCUT2D eigenvalue weighted by Gasteiger charge is 2.15. The predicted octanol–water partition coefficient (Wildman–Crippen LogP) is 4.93. The van der Waals surface area contributed by atoms with Crippen LogP contribution in [0.15, 0.2) is 91.3 Å². The number of allylic oxidation sites excluding steroid dienone is 1. The van der Waals surface area contributed by atoms with Gasteiger partial charge in [0.05, 0.1) is 29.5 Å². The zero-order valence-corrected chi connectivity index (χ0v) is 31.5. The third-order valence-electron chi connectivity index (χ3n) is 9.52. The largest absolute Gasteiger partial charge is 0.492 e. The first-order valence-corrected chi connectivity index (χ1v) is 18.9. The van der Waals surface area contributed by atoms with E-state index < -0.39 is 0 Å². The highest BCUT2D eigenvalue weighted by molar-refractivity contribution is 5.98. The molecule has 3 heterocycles. The van der Waals surface area contributed by atoms with Gasteiger partial charge in [-0.2, -0.15) is 15.4 Å². The Kier molecular flexibility index (Phi) is 14.3. The maximum Gasteiger partial charge on any atom is 0.119 e. The van der Waals surface area contributed by atoms with Crippen LogP contribution in [0, 0.1) is 0 Å². The molecule has 2 aromatic heterocycles. The molecule has 3 aromatic carbocycles. The van der Waals surface area contributed by atoms with Gasteiger partial charge in [0.2, 0.25) is 0 Å². The molecule has 0 unspecified atom stereocenters. The Morgan fingerprint density at radius 1 is 0.774 bits per heavy atom. The Morgan fingerprint density at radius 2 is 1.49 bits per heavy atom. The standard InChI is InChI=1S/C41H55N11O/c1-4-40(41(34-10-6-5-7-11-34)35-14-18-39(19-15-35)53-27-26-49(2)3)33-12-16-38(17-13-33)52-31-37(46-48-52)30-50-23-9-21-43-32-51(24-8-20-42-22-25-50)29-36-28-44-47-45-36/h5-7,10-19,28,31,42-43H,4,8-9,20-27,29-30,32H2,1-3H3,(H,44,45,47)/b41-40-. The van der Waals surface area contributed by atoms with Crippen molar-refractivity contribution in [3.8, 4) is 11.4 Å². The number of aromatic nitrogens is 6. The second-order valence-electron chi connectivity index (χ2n) is 13.9. The lowest BCUT2D eigenvalue weighted by Gasteiger charge is -2.22. The topological polar surface area (TPSA) is 115 Å². The molecule has 0 spiro atoms. The van der Waals surface area contributed by atoms with Gasteiger partial charge in [0.25, 0.3) is 0 Å². The van der Waals surface area contributed by atoms with Gasteiger partial charge >= 0.3 is 0 Å². The van der Waals surface area contributed by atoms with Crippen LogP contribution in [-0.2, 0) is 13.1 Å². The molecule has 1 aliphatic rings. The average Bonchev–Trinajstić information content (AvgIpc) is 3.88. The summed E-state index contributed by atoms with van der Waals surface area (Å²) in [6.45, 7) is 12.0. The normalized spacial score (nSPS) is 16.1. The lowest BCUT2D eigenvalue weighted by Crippen LogP contribution is -2.36. The second kappa shape index (κ2) is 19.9. The van der Waals surface area contributed by atoms with Crippen molar-refractivity contribution in [3.63, 3.8) is 0 Å². The van der Waals surface area contributed by atoms with Crippen LogP contribution >= 0.6 is 0 Å². The summed E-state index contributed by atoms with van der Waals surface area (Å²) in [5, 5.41) is 27.3. The maximum atomic E-state index is 5.99. The Balaban J connectivity index is 1.11. The van der Waals surface area contributed by atoms with E-state index in [4.69, 9.17) is 4.74 Å². The molecule has 0 bridgehead atoms. The van der Waals surface area contributed by atoms with Crippen LogP contribution in [0.1, 0.15) is 54.3 Å². The number of aromatic amines is 1. The lowest BCUT2D eigenvalue weighted by molar-refractivity contribution is 0.235. The highest BCUT2D eigenvalue weighted by atomic mass is 16.5. The van der Waals surface area contributed by atoms with Crippen LogP contribution in [0.25, 0.3) is 16.8 Å². The first-order valence-electron chi connectivity index (χ1n) is 18.9. The van der Waals surface area contributed by atoms with Crippen molar-refractivity contribution in [3.05, 3.63) is 119 Å². The fourth-order valence-corrected chi connectivity index (χ4v) is 6.72. The van der Waals surface area contributed by atoms with Gasteiger partial charge in [0.1, 0.15) is 12.4 Å². The number of ether oxygens (including phenoxy) is 1. The molecule has 12 nitrogen and oxygen atoms in total. The number of benzene rings is 3. The van der Waals surface area contributed by atoms with Crippen LogP contribution < -0.4 is 15.4 Å². The van der Waals surface area contributed by atoms with E-state index in [0.717, 1.165) is 108 Å². The molecule has 53 heavy (non-hydrogen) atoms. The number of hydrogen-bond donors (Lipinski definition) is 3. The van der Waals surface area contributed by atoms with Crippen molar-refractivity contribution >= 4 is 11.1 Å². The number of nitrogens with zero attached hydrogens (tertiary/aromatic N) is 8. The van der Waals surface area contributed by atoms with Crippen LogP contribution in [0.5, 0.6) is 5.75 Å². The molecule has 5 aromatic rings. The quantitative estimate of drug-likeness (QED) is 0.145. The molecule has 0 radical (unpaired) electrons. The van der Waals surface area contributed by atoms with E-state index in [1.165, 1.54) is 27.8 Å².